The molecule has 2 N–H and O–H groups in total. The predicted octanol–water partition coefficient (Wildman–Crippen LogP) is 5.03. The summed E-state index contributed by atoms with van der Waals surface area (Å²) in [5, 5.41) is 2.13. The second-order valence-electron chi connectivity index (χ2n) is 8.92. The predicted molar refractivity (Wildman–Crippen MR) is 128 cm³/mol. The number of hydrogen-bond donors (Lipinski definition) is 2. The van der Waals surface area contributed by atoms with Crippen LogP contribution in [-0.2, 0) is 16.0 Å². The van der Waals surface area contributed by atoms with Gasteiger partial charge in [-0.1, -0.05) is 68.4 Å². The maximum Gasteiger partial charge on any atom is 0.244 e. The molecule has 0 aliphatic carbocycles. The Morgan fingerprint density at radius 1 is 0.938 bits per heavy atom. The smallest absolute Gasteiger partial charge is 0.244 e. The monoisotopic (exact) mass is 432 g/mol. The summed E-state index contributed by atoms with van der Waals surface area (Å²) in [5.41, 5.74) is 7.71. The van der Waals surface area contributed by atoms with Gasteiger partial charge in [0.15, 0.2) is 0 Å². The number of amides is 2. The third-order valence-electron chi connectivity index (χ3n) is 5.71. The Morgan fingerprint density at radius 2 is 1.69 bits per heavy atom. The molecule has 3 aromatic rings. The summed E-state index contributed by atoms with van der Waals surface area (Å²) in [6.07, 6.45) is 1.58. The van der Waals surface area contributed by atoms with E-state index in [-0.39, 0.29) is 18.2 Å². The van der Waals surface area contributed by atoms with Crippen LogP contribution in [0.5, 0.6) is 5.75 Å². The van der Waals surface area contributed by atoms with Crippen LogP contribution < -0.4 is 15.6 Å². The molecule has 168 valence electrons. The molecule has 0 saturated heterocycles. The van der Waals surface area contributed by atoms with Crippen molar-refractivity contribution in [3.8, 4) is 5.75 Å². The number of rotatable bonds is 8. The van der Waals surface area contributed by atoms with E-state index in [0.29, 0.717) is 13.0 Å². The minimum absolute atomic E-state index is 0.200. The van der Waals surface area contributed by atoms with E-state index in [9.17, 15) is 9.59 Å². The van der Waals surface area contributed by atoms with Crippen molar-refractivity contribution in [3.05, 3.63) is 77.4 Å². The first kappa shape index (κ1) is 23.3. The molecule has 0 aliphatic rings. The lowest BCUT2D eigenvalue weighted by molar-refractivity contribution is -0.134. The van der Waals surface area contributed by atoms with Crippen molar-refractivity contribution in [1.29, 1.82) is 0 Å². The fourth-order valence-corrected chi connectivity index (χ4v) is 3.63. The zero-order valence-electron chi connectivity index (χ0n) is 19.3. The molecule has 0 bridgehead atoms. The van der Waals surface area contributed by atoms with E-state index in [2.05, 4.69) is 16.9 Å². The Labute approximate surface area is 190 Å². The number of hydrazine groups is 1. The van der Waals surface area contributed by atoms with Crippen molar-refractivity contribution < 1.29 is 14.3 Å². The van der Waals surface area contributed by atoms with E-state index in [1.807, 2.05) is 82.3 Å². The number of aryl methyl sites for hydroxylation is 2. The molecule has 5 nitrogen and oxygen atoms in total. The second kappa shape index (κ2) is 10.3. The van der Waals surface area contributed by atoms with E-state index in [4.69, 9.17) is 4.74 Å². The quantitative estimate of drug-likeness (QED) is 0.387. The number of ether oxygens (including phenoxy) is 1. The fourth-order valence-electron chi connectivity index (χ4n) is 3.63. The summed E-state index contributed by atoms with van der Waals surface area (Å²) in [5.74, 6) is 0.423. The molecule has 0 spiro atoms. The third-order valence-corrected chi connectivity index (χ3v) is 5.71. The maximum atomic E-state index is 12.6. The molecule has 0 unspecified atom stereocenters. The summed E-state index contributed by atoms with van der Waals surface area (Å²) >= 11 is 0. The summed E-state index contributed by atoms with van der Waals surface area (Å²) in [6, 6.07) is 20.0. The highest BCUT2D eigenvalue weighted by atomic mass is 16.5. The van der Waals surface area contributed by atoms with Gasteiger partial charge in [0.25, 0.3) is 0 Å². The molecule has 0 radical (unpaired) electrons. The van der Waals surface area contributed by atoms with Gasteiger partial charge in [0.2, 0.25) is 11.8 Å². The van der Waals surface area contributed by atoms with E-state index < -0.39 is 5.41 Å². The molecule has 0 aromatic heterocycles. The average molecular weight is 433 g/mol. The van der Waals surface area contributed by atoms with E-state index in [0.717, 1.165) is 39.6 Å². The highest BCUT2D eigenvalue weighted by Gasteiger charge is 2.27. The van der Waals surface area contributed by atoms with Gasteiger partial charge in [-0.3, -0.25) is 20.4 Å². The molecule has 0 fully saturated rings. The van der Waals surface area contributed by atoms with Gasteiger partial charge < -0.3 is 4.74 Å². The number of benzene rings is 3. The zero-order chi connectivity index (χ0) is 23.1. The number of hydrogen-bond acceptors (Lipinski definition) is 3. The Balaban J connectivity index is 1.45. The molecule has 0 saturated carbocycles. The molecule has 0 atom stereocenters. The standard InChI is InChI=1S/C27H32N2O3/c1-19-13-14-20(2)24(17-19)32-16-8-15-27(3,4)26(31)29-28-25(30)18-22-11-7-10-21-9-5-6-12-23(21)22/h5-7,9-14,17H,8,15-16,18H2,1-4H3,(H,28,30)(H,29,31). The van der Waals surface area contributed by atoms with Gasteiger partial charge in [-0.2, -0.15) is 0 Å². The minimum Gasteiger partial charge on any atom is -0.493 e. The Morgan fingerprint density at radius 3 is 2.50 bits per heavy atom. The number of carbonyl (C=O) groups excluding carboxylic acids is 2. The van der Waals surface area contributed by atoms with Crippen LogP contribution in [0, 0.1) is 19.3 Å². The molecule has 0 aliphatic heterocycles. The van der Waals surface area contributed by atoms with Gasteiger partial charge in [0.1, 0.15) is 5.75 Å². The topological polar surface area (TPSA) is 67.4 Å². The molecule has 0 heterocycles. The zero-order valence-corrected chi connectivity index (χ0v) is 19.3. The molecule has 5 heteroatoms. The molecule has 2 amide bonds. The van der Waals surface area contributed by atoms with Gasteiger partial charge >= 0.3 is 0 Å². The van der Waals surface area contributed by atoms with Crippen LogP contribution >= 0.6 is 0 Å². The van der Waals surface area contributed by atoms with E-state index in [1.165, 1.54) is 0 Å². The van der Waals surface area contributed by atoms with E-state index in [1.54, 1.807) is 0 Å². The van der Waals surface area contributed by atoms with Crippen molar-refractivity contribution in [3.63, 3.8) is 0 Å². The third kappa shape index (κ3) is 6.10. The van der Waals surface area contributed by atoms with Crippen molar-refractivity contribution in [2.45, 2.75) is 47.0 Å². The molecule has 3 rings (SSSR count). The van der Waals surface area contributed by atoms with Crippen LogP contribution in [0.4, 0.5) is 0 Å². The largest absolute Gasteiger partial charge is 0.493 e. The highest BCUT2D eigenvalue weighted by Crippen LogP contribution is 2.24. The van der Waals surface area contributed by atoms with Gasteiger partial charge in [0, 0.05) is 5.41 Å². The summed E-state index contributed by atoms with van der Waals surface area (Å²) in [6.45, 7) is 8.34. The first-order valence-corrected chi connectivity index (χ1v) is 11.0. The molecule has 3 aromatic carbocycles. The van der Waals surface area contributed by atoms with Gasteiger partial charge in [0.05, 0.1) is 13.0 Å². The normalized spacial score (nSPS) is 11.2. The van der Waals surface area contributed by atoms with E-state index >= 15 is 0 Å². The number of carbonyl (C=O) groups is 2. The second-order valence-corrected chi connectivity index (χ2v) is 8.92. The minimum atomic E-state index is -0.627. The van der Waals surface area contributed by atoms with Crippen molar-refractivity contribution in [2.24, 2.45) is 5.41 Å². The lowest BCUT2D eigenvalue weighted by Gasteiger charge is -2.23. The average Bonchev–Trinajstić information content (AvgIpc) is 2.77. The number of fused-ring (bicyclic) bond motifs is 1. The lowest BCUT2D eigenvalue weighted by atomic mass is 9.87. The fraction of sp³-hybridized carbons (Fsp3) is 0.333. The van der Waals surface area contributed by atoms with Crippen LogP contribution in [0.2, 0.25) is 0 Å². The highest BCUT2D eigenvalue weighted by molar-refractivity contribution is 5.91. The Kier molecular flexibility index (Phi) is 7.52. The van der Waals surface area contributed by atoms with Gasteiger partial charge in [-0.15, -0.1) is 0 Å². The number of nitrogens with one attached hydrogen (secondary N) is 2. The molecular weight excluding hydrogens is 400 g/mol. The summed E-state index contributed by atoms with van der Waals surface area (Å²) in [4.78, 5) is 25.0. The molecule has 32 heavy (non-hydrogen) atoms. The van der Waals surface area contributed by atoms with Crippen LogP contribution in [0.25, 0.3) is 10.8 Å². The Bertz CT molecular complexity index is 1100. The van der Waals surface area contributed by atoms with Crippen molar-refractivity contribution in [2.75, 3.05) is 6.61 Å². The maximum absolute atomic E-state index is 12.6. The molecular formula is C27H32N2O3. The van der Waals surface area contributed by atoms with Crippen LogP contribution in [-0.4, -0.2) is 18.4 Å². The van der Waals surface area contributed by atoms with Gasteiger partial charge in [-0.05, 0) is 60.2 Å². The van der Waals surface area contributed by atoms with Crippen LogP contribution in [0.15, 0.2) is 60.7 Å². The van der Waals surface area contributed by atoms with Gasteiger partial charge in [-0.25, -0.2) is 0 Å². The SMILES string of the molecule is Cc1ccc(C)c(OCCCC(C)(C)C(=O)NNC(=O)Cc2cccc3ccccc23)c1. The first-order chi connectivity index (χ1) is 15.3. The van der Waals surface area contributed by atoms with Crippen molar-refractivity contribution >= 4 is 22.6 Å². The summed E-state index contributed by atoms with van der Waals surface area (Å²) < 4.78 is 5.89. The Hall–Kier alpha value is -3.34. The van der Waals surface area contributed by atoms with Crippen LogP contribution in [0.1, 0.15) is 43.4 Å². The van der Waals surface area contributed by atoms with Crippen molar-refractivity contribution in [1.82, 2.24) is 10.9 Å². The summed E-state index contributed by atoms with van der Waals surface area (Å²) in [7, 11) is 0. The van der Waals surface area contributed by atoms with Crippen LogP contribution in [0.3, 0.4) is 0 Å². The first-order valence-electron chi connectivity index (χ1n) is 11.0. The lowest BCUT2D eigenvalue weighted by Crippen LogP contribution is -2.48.